The highest BCUT2D eigenvalue weighted by molar-refractivity contribution is 6.30. The number of pyridine rings is 1. The van der Waals surface area contributed by atoms with E-state index in [1.165, 1.54) is 0 Å². The number of aromatic nitrogens is 1. The zero-order valence-electron chi connectivity index (χ0n) is 8.52. The van der Waals surface area contributed by atoms with E-state index >= 15 is 0 Å². The molecule has 0 bridgehead atoms. The fourth-order valence-electron chi connectivity index (χ4n) is 1.45. The monoisotopic (exact) mass is 228 g/mol. The minimum atomic E-state index is 0.293. The van der Waals surface area contributed by atoms with Crippen molar-refractivity contribution < 1.29 is 0 Å². The second-order valence-electron chi connectivity index (χ2n) is 3.35. The smallest absolute Gasteiger partial charge is 0.133 e. The minimum Gasteiger partial charge on any atom is -0.236 e. The quantitative estimate of drug-likeness (QED) is 0.738. The average Bonchev–Trinajstić information content (AvgIpc) is 2.33. The maximum Gasteiger partial charge on any atom is 0.133 e. The Morgan fingerprint density at radius 3 is 2.50 bits per heavy atom. The molecular formula is C13H9ClN2. The summed E-state index contributed by atoms with van der Waals surface area (Å²) in [6, 6.07) is 15.6. The van der Waals surface area contributed by atoms with Gasteiger partial charge in [0.25, 0.3) is 0 Å². The molecule has 0 saturated carbocycles. The maximum absolute atomic E-state index is 8.59. The third kappa shape index (κ3) is 2.21. The topological polar surface area (TPSA) is 36.7 Å². The summed E-state index contributed by atoms with van der Waals surface area (Å²) in [6.45, 7) is 0. The standard InChI is InChI=1S/C13H9ClN2/c14-13-11(8-9-15)6-7-12(16-13)10-4-2-1-3-5-10/h1-7H,8H2. The molecule has 3 heteroatoms. The molecule has 0 saturated heterocycles. The van der Waals surface area contributed by atoms with Gasteiger partial charge < -0.3 is 0 Å². The van der Waals surface area contributed by atoms with Gasteiger partial charge in [-0.25, -0.2) is 4.98 Å². The summed E-state index contributed by atoms with van der Waals surface area (Å²) in [5.74, 6) is 0. The molecule has 2 nitrogen and oxygen atoms in total. The van der Waals surface area contributed by atoms with Crippen molar-refractivity contribution in [2.75, 3.05) is 0 Å². The Bertz CT molecular complexity index is 529. The van der Waals surface area contributed by atoms with Crippen molar-refractivity contribution in [2.45, 2.75) is 6.42 Å². The molecule has 2 rings (SSSR count). The van der Waals surface area contributed by atoms with Crippen LogP contribution in [-0.2, 0) is 6.42 Å². The fourth-order valence-corrected chi connectivity index (χ4v) is 1.67. The van der Waals surface area contributed by atoms with E-state index in [1.54, 1.807) is 0 Å². The Kier molecular flexibility index (Phi) is 3.19. The van der Waals surface area contributed by atoms with Crippen molar-refractivity contribution >= 4 is 11.6 Å². The summed E-state index contributed by atoms with van der Waals surface area (Å²) >= 11 is 6.00. The first-order valence-corrected chi connectivity index (χ1v) is 5.27. The lowest BCUT2D eigenvalue weighted by molar-refractivity contribution is 1.19. The van der Waals surface area contributed by atoms with Gasteiger partial charge in [0.2, 0.25) is 0 Å². The third-order valence-corrected chi connectivity index (χ3v) is 2.59. The normalized spacial score (nSPS) is 9.75. The highest BCUT2D eigenvalue weighted by Crippen LogP contribution is 2.21. The lowest BCUT2D eigenvalue weighted by atomic mass is 10.1. The zero-order chi connectivity index (χ0) is 11.4. The van der Waals surface area contributed by atoms with E-state index in [2.05, 4.69) is 11.1 Å². The number of hydrogen-bond donors (Lipinski definition) is 0. The molecule has 0 aliphatic carbocycles. The van der Waals surface area contributed by atoms with Crippen molar-refractivity contribution in [1.29, 1.82) is 5.26 Å². The van der Waals surface area contributed by atoms with Crippen molar-refractivity contribution in [2.24, 2.45) is 0 Å². The molecule has 2 aromatic rings. The van der Waals surface area contributed by atoms with Gasteiger partial charge in [-0.2, -0.15) is 5.26 Å². The first kappa shape index (κ1) is 10.7. The second kappa shape index (κ2) is 4.78. The summed E-state index contributed by atoms with van der Waals surface area (Å²) in [4.78, 5) is 4.28. The van der Waals surface area contributed by atoms with Crippen LogP contribution in [0.2, 0.25) is 5.15 Å². The van der Waals surface area contributed by atoms with Crippen LogP contribution in [0.15, 0.2) is 42.5 Å². The van der Waals surface area contributed by atoms with E-state index in [1.807, 2.05) is 42.5 Å². The van der Waals surface area contributed by atoms with Crippen LogP contribution in [0.1, 0.15) is 5.56 Å². The minimum absolute atomic E-state index is 0.293. The molecule has 0 amide bonds. The Morgan fingerprint density at radius 2 is 1.88 bits per heavy atom. The van der Waals surface area contributed by atoms with E-state index in [4.69, 9.17) is 16.9 Å². The molecule has 1 aromatic carbocycles. The van der Waals surface area contributed by atoms with Gasteiger partial charge in [-0.1, -0.05) is 48.0 Å². The number of nitriles is 1. The Hall–Kier alpha value is -1.85. The highest BCUT2D eigenvalue weighted by atomic mass is 35.5. The summed E-state index contributed by atoms with van der Waals surface area (Å²) < 4.78 is 0. The lowest BCUT2D eigenvalue weighted by Gasteiger charge is -2.03. The van der Waals surface area contributed by atoms with Crippen LogP contribution in [0.4, 0.5) is 0 Å². The fraction of sp³-hybridized carbons (Fsp3) is 0.0769. The second-order valence-corrected chi connectivity index (χ2v) is 3.71. The third-order valence-electron chi connectivity index (χ3n) is 2.27. The molecule has 0 aliphatic heterocycles. The summed E-state index contributed by atoms with van der Waals surface area (Å²) in [7, 11) is 0. The number of halogens is 1. The van der Waals surface area contributed by atoms with Crippen molar-refractivity contribution in [3.63, 3.8) is 0 Å². The van der Waals surface area contributed by atoms with Crippen LogP contribution in [-0.4, -0.2) is 4.98 Å². The molecule has 0 aliphatic rings. The van der Waals surface area contributed by atoms with E-state index in [-0.39, 0.29) is 0 Å². The van der Waals surface area contributed by atoms with Crippen molar-refractivity contribution in [3.05, 3.63) is 53.2 Å². The van der Waals surface area contributed by atoms with Crippen LogP contribution in [0.25, 0.3) is 11.3 Å². The van der Waals surface area contributed by atoms with Gasteiger partial charge in [-0.05, 0) is 6.07 Å². The van der Waals surface area contributed by atoms with Crippen LogP contribution < -0.4 is 0 Å². The maximum atomic E-state index is 8.59. The van der Waals surface area contributed by atoms with E-state index in [0.29, 0.717) is 11.6 Å². The van der Waals surface area contributed by atoms with E-state index in [9.17, 15) is 0 Å². The van der Waals surface area contributed by atoms with E-state index < -0.39 is 0 Å². The Morgan fingerprint density at radius 1 is 1.12 bits per heavy atom. The van der Waals surface area contributed by atoms with Crippen LogP contribution in [0.5, 0.6) is 0 Å². The molecule has 0 unspecified atom stereocenters. The van der Waals surface area contributed by atoms with Crippen LogP contribution >= 0.6 is 11.6 Å². The SMILES string of the molecule is N#CCc1ccc(-c2ccccc2)nc1Cl. The zero-order valence-corrected chi connectivity index (χ0v) is 9.28. The van der Waals surface area contributed by atoms with Gasteiger partial charge >= 0.3 is 0 Å². The molecule has 1 aromatic heterocycles. The van der Waals surface area contributed by atoms with Gasteiger partial charge in [-0.3, -0.25) is 0 Å². The molecule has 0 radical (unpaired) electrons. The number of hydrogen-bond acceptors (Lipinski definition) is 2. The van der Waals surface area contributed by atoms with Crippen molar-refractivity contribution in [1.82, 2.24) is 4.98 Å². The van der Waals surface area contributed by atoms with Crippen LogP contribution in [0.3, 0.4) is 0 Å². The van der Waals surface area contributed by atoms with Crippen molar-refractivity contribution in [3.8, 4) is 17.3 Å². The Labute approximate surface area is 99.1 Å². The summed E-state index contributed by atoms with van der Waals surface area (Å²) in [5, 5.41) is 9.00. The summed E-state index contributed by atoms with van der Waals surface area (Å²) in [6.07, 6.45) is 0.293. The molecule has 0 spiro atoms. The highest BCUT2D eigenvalue weighted by Gasteiger charge is 2.04. The molecule has 78 valence electrons. The molecule has 0 atom stereocenters. The molecule has 1 heterocycles. The first-order valence-electron chi connectivity index (χ1n) is 4.89. The number of nitrogens with zero attached hydrogens (tertiary/aromatic N) is 2. The van der Waals surface area contributed by atoms with Gasteiger partial charge in [0.1, 0.15) is 5.15 Å². The number of rotatable bonds is 2. The average molecular weight is 229 g/mol. The summed E-state index contributed by atoms with van der Waals surface area (Å²) in [5.41, 5.74) is 2.61. The van der Waals surface area contributed by atoms with E-state index in [0.717, 1.165) is 16.8 Å². The Balaban J connectivity index is 2.39. The molecule has 16 heavy (non-hydrogen) atoms. The van der Waals surface area contributed by atoms with Gasteiger partial charge in [0.15, 0.2) is 0 Å². The first-order chi connectivity index (χ1) is 7.81. The number of benzene rings is 1. The van der Waals surface area contributed by atoms with Gasteiger partial charge in [-0.15, -0.1) is 0 Å². The molecule has 0 N–H and O–H groups in total. The predicted octanol–water partition coefficient (Wildman–Crippen LogP) is 3.47. The molecular weight excluding hydrogens is 220 g/mol. The van der Waals surface area contributed by atoms with Gasteiger partial charge in [0.05, 0.1) is 18.2 Å². The lowest BCUT2D eigenvalue weighted by Crippen LogP contribution is -1.90. The predicted molar refractivity (Wildman–Crippen MR) is 64.0 cm³/mol. The molecule has 0 fully saturated rings. The largest absolute Gasteiger partial charge is 0.236 e. The van der Waals surface area contributed by atoms with Gasteiger partial charge in [0, 0.05) is 11.1 Å². The van der Waals surface area contributed by atoms with Crippen LogP contribution in [0, 0.1) is 11.3 Å².